The molecule has 3 nitrogen and oxygen atoms in total. The number of halogens is 2. The molecule has 5 heteroatoms. The molecule has 0 saturated heterocycles. The van der Waals surface area contributed by atoms with Gasteiger partial charge in [0.15, 0.2) is 0 Å². The molecule has 178 valence electrons. The van der Waals surface area contributed by atoms with E-state index in [4.69, 9.17) is 0 Å². The van der Waals surface area contributed by atoms with Crippen molar-refractivity contribution in [2.24, 2.45) is 11.3 Å². The number of fused-ring (bicyclic) bond motifs is 1. The SMILES string of the molecule is CC1CC2(C1)CC(NC(=O)c1ccc(F)c3ccn(Cc4ccc(-c5cccc(F)c5)cc4)c13)C2. The van der Waals surface area contributed by atoms with E-state index in [1.807, 2.05) is 41.1 Å². The van der Waals surface area contributed by atoms with Crippen molar-refractivity contribution in [2.75, 3.05) is 0 Å². The minimum atomic E-state index is -0.331. The summed E-state index contributed by atoms with van der Waals surface area (Å²) < 4.78 is 30.1. The van der Waals surface area contributed by atoms with Crippen molar-refractivity contribution in [3.63, 3.8) is 0 Å². The van der Waals surface area contributed by atoms with Gasteiger partial charge in [0.2, 0.25) is 0 Å². The van der Waals surface area contributed by atoms with E-state index in [9.17, 15) is 13.6 Å². The van der Waals surface area contributed by atoms with Crippen LogP contribution in [0, 0.1) is 23.0 Å². The van der Waals surface area contributed by atoms with Crippen LogP contribution in [0.5, 0.6) is 0 Å². The Morgan fingerprint density at radius 3 is 2.46 bits per heavy atom. The fourth-order valence-electron chi connectivity index (χ4n) is 6.38. The molecule has 0 bridgehead atoms. The summed E-state index contributed by atoms with van der Waals surface area (Å²) in [6.45, 7) is 2.79. The van der Waals surface area contributed by atoms with E-state index in [0.29, 0.717) is 28.4 Å². The van der Waals surface area contributed by atoms with Crippen molar-refractivity contribution in [3.8, 4) is 11.1 Å². The second-order valence-corrected chi connectivity index (χ2v) is 10.6. The summed E-state index contributed by atoms with van der Waals surface area (Å²) in [5, 5.41) is 3.64. The molecule has 1 aromatic heterocycles. The predicted molar refractivity (Wildman–Crippen MR) is 134 cm³/mol. The lowest BCUT2D eigenvalue weighted by Gasteiger charge is -2.57. The van der Waals surface area contributed by atoms with Gasteiger partial charge in [0, 0.05) is 24.2 Å². The average Bonchev–Trinajstić information content (AvgIpc) is 3.22. The normalized spacial score (nSPS) is 23.2. The smallest absolute Gasteiger partial charge is 0.253 e. The van der Waals surface area contributed by atoms with Crippen molar-refractivity contribution >= 4 is 16.8 Å². The van der Waals surface area contributed by atoms with Gasteiger partial charge in [0.05, 0.1) is 11.1 Å². The van der Waals surface area contributed by atoms with E-state index in [1.54, 1.807) is 18.2 Å². The second-order valence-electron chi connectivity index (χ2n) is 10.6. The molecule has 0 unspecified atom stereocenters. The fourth-order valence-corrected chi connectivity index (χ4v) is 6.38. The second kappa shape index (κ2) is 8.33. The minimum Gasteiger partial charge on any atom is -0.349 e. The standard InChI is InChI=1S/C30H28F2N2O/c1-19-14-30(15-19)16-24(17-30)33-29(35)26-9-10-27(32)25-11-12-34(28(25)26)18-20-5-7-21(8-6-20)22-3-2-4-23(31)13-22/h2-13,19,24H,14-18H2,1H3,(H,33,35). The van der Waals surface area contributed by atoms with Crippen LogP contribution in [-0.2, 0) is 6.54 Å². The summed E-state index contributed by atoms with van der Waals surface area (Å²) in [5.74, 6) is 0.0681. The number of nitrogens with zero attached hydrogens (tertiary/aromatic N) is 1. The largest absolute Gasteiger partial charge is 0.349 e. The molecule has 1 heterocycles. The number of hydrogen-bond donors (Lipinski definition) is 1. The number of carbonyl (C=O) groups is 1. The summed E-state index contributed by atoms with van der Waals surface area (Å²) in [6, 6.07) is 19.3. The van der Waals surface area contributed by atoms with Gasteiger partial charge in [-0.05, 0) is 84.0 Å². The maximum Gasteiger partial charge on any atom is 0.253 e. The Kier molecular flexibility index (Phi) is 5.24. The van der Waals surface area contributed by atoms with E-state index in [0.717, 1.165) is 35.4 Å². The van der Waals surface area contributed by atoms with Gasteiger partial charge in [-0.3, -0.25) is 4.79 Å². The maximum atomic E-state index is 14.6. The van der Waals surface area contributed by atoms with Gasteiger partial charge in [0.1, 0.15) is 11.6 Å². The van der Waals surface area contributed by atoms with Crippen LogP contribution in [0.4, 0.5) is 8.78 Å². The summed E-state index contributed by atoms with van der Waals surface area (Å²) in [7, 11) is 0. The van der Waals surface area contributed by atoms with Crippen molar-refractivity contribution < 1.29 is 13.6 Å². The summed E-state index contributed by atoms with van der Waals surface area (Å²) in [6.07, 6.45) is 6.46. The van der Waals surface area contributed by atoms with Gasteiger partial charge in [-0.2, -0.15) is 0 Å². The van der Waals surface area contributed by atoms with Crippen molar-refractivity contribution in [2.45, 2.75) is 45.2 Å². The average molecular weight is 471 g/mol. The van der Waals surface area contributed by atoms with Gasteiger partial charge < -0.3 is 9.88 Å². The van der Waals surface area contributed by atoms with Crippen molar-refractivity contribution in [1.29, 1.82) is 0 Å². The molecule has 1 spiro atoms. The van der Waals surface area contributed by atoms with Gasteiger partial charge in [-0.15, -0.1) is 0 Å². The molecule has 2 saturated carbocycles. The number of hydrogen-bond acceptors (Lipinski definition) is 1. The first-order valence-corrected chi connectivity index (χ1v) is 12.3. The Balaban J connectivity index is 1.23. The van der Waals surface area contributed by atoms with Gasteiger partial charge in [-0.25, -0.2) is 8.78 Å². The van der Waals surface area contributed by atoms with Crippen LogP contribution in [-0.4, -0.2) is 16.5 Å². The van der Waals surface area contributed by atoms with Crippen LogP contribution < -0.4 is 5.32 Å². The molecule has 0 radical (unpaired) electrons. The third-order valence-corrected chi connectivity index (χ3v) is 7.84. The van der Waals surface area contributed by atoms with E-state index in [1.165, 1.54) is 31.0 Å². The number of amides is 1. The highest BCUT2D eigenvalue weighted by Crippen LogP contribution is 2.58. The Morgan fingerprint density at radius 1 is 0.971 bits per heavy atom. The number of benzene rings is 3. The molecule has 35 heavy (non-hydrogen) atoms. The van der Waals surface area contributed by atoms with Crippen LogP contribution >= 0.6 is 0 Å². The first-order chi connectivity index (χ1) is 16.9. The van der Waals surface area contributed by atoms with E-state index in [-0.39, 0.29) is 23.6 Å². The Morgan fingerprint density at radius 2 is 1.74 bits per heavy atom. The van der Waals surface area contributed by atoms with Crippen LogP contribution in [0.2, 0.25) is 0 Å². The van der Waals surface area contributed by atoms with Gasteiger partial charge >= 0.3 is 0 Å². The predicted octanol–water partition coefficient (Wildman–Crippen LogP) is 6.94. The van der Waals surface area contributed by atoms with Crippen LogP contribution in [0.15, 0.2) is 72.9 Å². The molecule has 6 rings (SSSR count). The highest BCUT2D eigenvalue weighted by atomic mass is 19.1. The third kappa shape index (κ3) is 4.03. The van der Waals surface area contributed by atoms with Gasteiger partial charge in [-0.1, -0.05) is 43.3 Å². The van der Waals surface area contributed by atoms with Crippen LogP contribution in [0.25, 0.3) is 22.0 Å². The van der Waals surface area contributed by atoms with Gasteiger partial charge in [0.25, 0.3) is 5.91 Å². The molecule has 0 aliphatic heterocycles. The quantitative estimate of drug-likeness (QED) is 0.337. The lowest BCUT2D eigenvalue weighted by Crippen LogP contribution is -2.55. The molecule has 2 fully saturated rings. The molecule has 2 aliphatic rings. The van der Waals surface area contributed by atoms with Crippen molar-refractivity contribution in [1.82, 2.24) is 9.88 Å². The van der Waals surface area contributed by atoms with E-state index < -0.39 is 0 Å². The first-order valence-electron chi connectivity index (χ1n) is 12.3. The molecule has 1 N–H and O–H groups in total. The lowest BCUT2D eigenvalue weighted by molar-refractivity contribution is -0.0399. The summed E-state index contributed by atoms with van der Waals surface area (Å²) >= 11 is 0. The summed E-state index contributed by atoms with van der Waals surface area (Å²) in [4.78, 5) is 13.2. The zero-order valence-corrected chi connectivity index (χ0v) is 19.7. The zero-order chi connectivity index (χ0) is 24.2. The number of carbonyl (C=O) groups excluding carboxylic acids is 1. The number of rotatable bonds is 5. The fraction of sp³-hybridized carbons (Fsp3) is 0.300. The highest BCUT2D eigenvalue weighted by molar-refractivity contribution is 6.06. The minimum absolute atomic E-state index is 0.136. The third-order valence-electron chi connectivity index (χ3n) is 7.84. The highest BCUT2D eigenvalue weighted by Gasteiger charge is 2.51. The molecular weight excluding hydrogens is 442 g/mol. The zero-order valence-electron chi connectivity index (χ0n) is 19.7. The number of aromatic nitrogens is 1. The van der Waals surface area contributed by atoms with Crippen molar-refractivity contribution in [3.05, 3.63) is 95.7 Å². The Hall–Kier alpha value is -3.47. The van der Waals surface area contributed by atoms with Crippen LogP contribution in [0.1, 0.15) is 48.5 Å². The maximum absolute atomic E-state index is 14.6. The first kappa shape index (κ1) is 22.0. The summed E-state index contributed by atoms with van der Waals surface area (Å²) in [5.41, 5.74) is 4.33. The topological polar surface area (TPSA) is 34.0 Å². The molecule has 1 amide bonds. The molecule has 0 atom stereocenters. The number of nitrogens with one attached hydrogen (secondary N) is 1. The molecule has 4 aromatic rings. The molecular formula is C30H28F2N2O. The Bertz CT molecular complexity index is 1410. The Labute approximate surface area is 203 Å². The lowest BCUT2D eigenvalue weighted by atomic mass is 9.50. The monoisotopic (exact) mass is 470 g/mol. The molecule has 2 aliphatic carbocycles. The van der Waals surface area contributed by atoms with Crippen LogP contribution in [0.3, 0.4) is 0 Å². The molecule has 3 aromatic carbocycles. The van der Waals surface area contributed by atoms with E-state index in [2.05, 4.69) is 12.2 Å². The van der Waals surface area contributed by atoms with E-state index >= 15 is 0 Å².